The van der Waals surface area contributed by atoms with Crippen molar-refractivity contribution in [2.45, 2.75) is 26.2 Å². The molecular formula is C18H28N2O4. The fraction of sp³-hybridized carbons (Fsp3) is 0.611. The molecule has 6 nitrogen and oxygen atoms in total. The number of hydrogen-bond acceptors (Lipinski definition) is 4. The summed E-state index contributed by atoms with van der Waals surface area (Å²) in [6.07, 6.45) is 2.95. The van der Waals surface area contributed by atoms with Gasteiger partial charge >= 0.3 is 6.03 Å². The van der Waals surface area contributed by atoms with Gasteiger partial charge in [0.15, 0.2) is 11.5 Å². The Balaban J connectivity index is 1.95. The van der Waals surface area contributed by atoms with Crippen LogP contribution in [0.2, 0.25) is 0 Å². The van der Waals surface area contributed by atoms with Crippen LogP contribution in [0.25, 0.3) is 0 Å². The molecule has 2 rings (SSSR count). The predicted octanol–water partition coefficient (Wildman–Crippen LogP) is 2.70. The topological polar surface area (TPSA) is 60.0 Å². The van der Waals surface area contributed by atoms with Crippen molar-refractivity contribution < 1.29 is 19.0 Å². The summed E-state index contributed by atoms with van der Waals surface area (Å²) in [5.74, 6) is 2.44. The largest absolute Gasteiger partial charge is 0.493 e. The molecule has 0 saturated carbocycles. The van der Waals surface area contributed by atoms with E-state index >= 15 is 0 Å². The number of carbonyl (C=O) groups is 1. The van der Waals surface area contributed by atoms with E-state index in [1.54, 1.807) is 21.3 Å². The molecule has 0 aromatic heterocycles. The minimum atomic E-state index is 0.0148. The van der Waals surface area contributed by atoms with Crippen LogP contribution in [0.1, 0.15) is 25.3 Å². The molecule has 0 bridgehead atoms. The summed E-state index contributed by atoms with van der Waals surface area (Å²) < 4.78 is 16.1. The van der Waals surface area contributed by atoms with Crippen molar-refractivity contribution in [2.75, 3.05) is 41.0 Å². The second-order valence-corrected chi connectivity index (χ2v) is 6.17. The van der Waals surface area contributed by atoms with Gasteiger partial charge in [0.1, 0.15) is 0 Å². The third kappa shape index (κ3) is 4.24. The van der Waals surface area contributed by atoms with Crippen molar-refractivity contribution in [3.63, 3.8) is 0 Å². The summed E-state index contributed by atoms with van der Waals surface area (Å²) in [6, 6.07) is 3.81. The highest BCUT2D eigenvalue weighted by Crippen LogP contribution is 2.39. The van der Waals surface area contributed by atoms with Crippen molar-refractivity contribution >= 4 is 6.03 Å². The first-order chi connectivity index (χ1) is 11.6. The van der Waals surface area contributed by atoms with E-state index in [2.05, 4.69) is 12.2 Å². The Labute approximate surface area is 144 Å². The molecule has 1 aromatic carbocycles. The molecule has 0 spiro atoms. The number of nitrogens with zero attached hydrogens (tertiary/aromatic N) is 1. The highest BCUT2D eigenvalue weighted by Gasteiger charge is 2.21. The first-order valence-corrected chi connectivity index (χ1v) is 8.41. The van der Waals surface area contributed by atoms with Crippen LogP contribution in [0, 0.1) is 5.92 Å². The Kier molecular flexibility index (Phi) is 6.58. The van der Waals surface area contributed by atoms with Crippen molar-refractivity contribution in [2.24, 2.45) is 5.92 Å². The summed E-state index contributed by atoms with van der Waals surface area (Å²) in [4.78, 5) is 14.2. The molecule has 1 atom stereocenters. The number of likely N-dealkylation sites (tertiary alicyclic amines) is 1. The van der Waals surface area contributed by atoms with E-state index in [1.807, 2.05) is 17.0 Å². The average molecular weight is 336 g/mol. The normalized spacial score (nSPS) is 17.3. The molecule has 6 heteroatoms. The molecule has 1 fully saturated rings. The minimum absolute atomic E-state index is 0.0148. The SMILES string of the molecule is COc1ccc(CCNC(=O)N2CCCC(C)C2)c(OC)c1OC. The van der Waals surface area contributed by atoms with Crippen LogP contribution in [0.3, 0.4) is 0 Å². The molecule has 134 valence electrons. The average Bonchev–Trinajstić information content (AvgIpc) is 2.60. The van der Waals surface area contributed by atoms with E-state index in [4.69, 9.17) is 14.2 Å². The highest BCUT2D eigenvalue weighted by atomic mass is 16.5. The monoisotopic (exact) mass is 336 g/mol. The van der Waals surface area contributed by atoms with E-state index in [1.165, 1.54) is 6.42 Å². The van der Waals surface area contributed by atoms with Gasteiger partial charge in [-0.25, -0.2) is 4.79 Å². The molecule has 2 amide bonds. The van der Waals surface area contributed by atoms with E-state index in [0.29, 0.717) is 36.1 Å². The molecule has 1 saturated heterocycles. The Morgan fingerprint density at radius 3 is 2.58 bits per heavy atom. The summed E-state index contributed by atoms with van der Waals surface area (Å²) in [6.45, 7) is 4.42. The van der Waals surface area contributed by atoms with Gasteiger partial charge in [0.05, 0.1) is 21.3 Å². The van der Waals surface area contributed by atoms with Gasteiger partial charge in [-0.05, 0) is 31.2 Å². The number of nitrogens with one attached hydrogen (secondary N) is 1. The predicted molar refractivity (Wildman–Crippen MR) is 93.2 cm³/mol. The Bertz CT molecular complexity index is 562. The molecule has 24 heavy (non-hydrogen) atoms. The van der Waals surface area contributed by atoms with Crippen LogP contribution in [-0.4, -0.2) is 51.9 Å². The Hall–Kier alpha value is -2.11. The first-order valence-electron chi connectivity index (χ1n) is 8.41. The third-order valence-corrected chi connectivity index (χ3v) is 4.40. The lowest BCUT2D eigenvalue weighted by Gasteiger charge is -2.31. The number of carbonyl (C=O) groups excluding carboxylic acids is 1. The van der Waals surface area contributed by atoms with E-state index in [9.17, 15) is 4.79 Å². The number of hydrogen-bond donors (Lipinski definition) is 1. The van der Waals surface area contributed by atoms with Gasteiger partial charge in [0, 0.05) is 25.2 Å². The fourth-order valence-electron chi connectivity index (χ4n) is 3.15. The molecule has 1 unspecified atom stereocenters. The van der Waals surface area contributed by atoms with Crippen LogP contribution in [0.4, 0.5) is 4.79 Å². The second kappa shape index (κ2) is 8.66. The van der Waals surface area contributed by atoms with Crippen molar-refractivity contribution in [1.29, 1.82) is 0 Å². The lowest BCUT2D eigenvalue weighted by Crippen LogP contribution is -2.45. The van der Waals surface area contributed by atoms with Crippen LogP contribution in [0.5, 0.6) is 17.2 Å². The first kappa shape index (κ1) is 18.2. The van der Waals surface area contributed by atoms with Crippen LogP contribution < -0.4 is 19.5 Å². The molecule has 1 aliphatic rings. The van der Waals surface area contributed by atoms with Crippen LogP contribution in [-0.2, 0) is 6.42 Å². The number of urea groups is 1. The number of methoxy groups -OCH3 is 3. The van der Waals surface area contributed by atoms with Crippen LogP contribution >= 0.6 is 0 Å². The van der Waals surface area contributed by atoms with Crippen LogP contribution in [0.15, 0.2) is 12.1 Å². The smallest absolute Gasteiger partial charge is 0.317 e. The fourth-order valence-corrected chi connectivity index (χ4v) is 3.15. The molecular weight excluding hydrogens is 308 g/mol. The number of benzene rings is 1. The standard InChI is InChI=1S/C18H28N2O4/c1-13-6-5-11-20(12-13)18(21)19-10-9-14-7-8-15(22-2)17(24-4)16(14)23-3/h7-8,13H,5-6,9-12H2,1-4H3,(H,19,21). The lowest BCUT2D eigenvalue weighted by molar-refractivity contribution is 0.170. The summed E-state index contributed by atoms with van der Waals surface area (Å²) in [5, 5.41) is 3.00. The lowest BCUT2D eigenvalue weighted by atomic mass is 10.0. The van der Waals surface area contributed by atoms with Gasteiger partial charge in [-0.15, -0.1) is 0 Å². The van der Waals surface area contributed by atoms with Gasteiger partial charge in [-0.1, -0.05) is 13.0 Å². The Morgan fingerprint density at radius 1 is 1.21 bits per heavy atom. The zero-order chi connectivity index (χ0) is 17.5. The quantitative estimate of drug-likeness (QED) is 0.868. The number of piperidine rings is 1. The van der Waals surface area contributed by atoms with Gasteiger partial charge in [-0.3, -0.25) is 0 Å². The van der Waals surface area contributed by atoms with Gasteiger partial charge in [-0.2, -0.15) is 0 Å². The van der Waals surface area contributed by atoms with Gasteiger partial charge < -0.3 is 24.4 Å². The maximum Gasteiger partial charge on any atom is 0.317 e. The highest BCUT2D eigenvalue weighted by molar-refractivity contribution is 5.74. The van der Waals surface area contributed by atoms with E-state index in [-0.39, 0.29) is 6.03 Å². The Morgan fingerprint density at radius 2 is 1.96 bits per heavy atom. The van der Waals surface area contributed by atoms with Crippen molar-refractivity contribution in [3.05, 3.63) is 17.7 Å². The minimum Gasteiger partial charge on any atom is -0.493 e. The van der Waals surface area contributed by atoms with E-state index in [0.717, 1.165) is 25.1 Å². The molecule has 0 radical (unpaired) electrons. The summed E-state index contributed by atoms with van der Waals surface area (Å²) >= 11 is 0. The number of rotatable bonds is 6. The number of amides is 2. The summed E-state index contributed by atoms with van der Waals surface area (Å²) in [7, 11) is 4.79. The third-order valence-electron chi connectivity index (χ3n) is 4.40. The summed E-state index contributed by atoms with van der Waals surface area (Å²) in [5.41, 5.74) is 0.975. The maximum absolute atomic E-state index is 12.3. The second-order valence-electron chi connectivity index (χ2n) is 6.17. The van der Waals surface area contributed by atoms with Crippen molar-refractivity contribution in [1.82, 2.24) is 10.2 Å². The molecule has 1 N–H and O–H groups in total. The van der Waals surface area contributed by atoms with Crippen molar-refractivity contribution in [3.8, 4) is 17.2 Å². The van der Waals surface area contributed by atoms with Gasteiger partial charge in [0.2, 0.25) is 5.75 Å². The molecule has 0 aliphatic carbocycles. The number of ether oxygens (including phenoxy) is 3. The van der Waals surface area contributed by atoms with E-state index < -0.39 is 0 Å². The molecule has 1 aromatic rings. The van der Waals surface area contributed by atoms with Gasteiger partial charge in [0.25, 0.3) is 0 Å². The zero-order valence-corrected chi connectivity index (χ0v) is 15.1. The molecule has 1 heterocycles. The zero-order valence-electron chi connectivity index (χ0n) is 15.1. The maximum atomic E-state index is 12.3. The molecule has 1 aliphatic heterocycles.